The van der Waals surface area contributed by atoms with E-state index in [1.54, 1.807) is 0 Å². The lowest BCUT2D eigenvalue weighted by Gasteiger charge is -2.01. The molecule has 0 spiro atoms. The number of hydrogen-bond acceptors (Lipinski definition) is 0. The van der Waals surface area contributed by atoms with Crippen molar-refractivity contribution < 1.29 is 0 Å². The van der Waals surface area contributed by atoms with Gasteiger partial charge in [-0.2, -0.15) is 0 Å². The van der Waals surface area contributed by atoms with Gasteiger partial charge in [0.25, 0.3) is 0 Å². The molecule has 0 atom stereocenters. The minimum absolute atomic E-state index is 1.22. The van der Waals surface area contributed by atoms with E-state index in [1.807, 2.05) is 12.2 Å². The summed E-state index contributed by atoms with van der Waals surface area (Å²) in [6, 6.07) is 0. The Kier molecular flexibility index (Phi) is 16.0. The number of unbranched alkanes of at least 4 members (excludes halogenated alkanes) is 12. The van der Waals surface area contributed by atoms with Crippen molar-refractivity contribution in [3.63, 3.8) is 0 Å². The molecular formula is C18H33. The molecule has 0 amide bonds. The highest BCUT2D eigenvalue weighted by atomic mass is 14.0. The van der Waals surface area contributed by atoms with Gasteiger partial charge in [-0.3, -0.25) is 0 Å². The van der Waals surface area contributed by atoms with E-state index in [-0.39, 0.29) is 0 Å². The molecule has 0 aromatic rings. The Morgan fingerprint density at radius 1 is 0.722 bits per heavy atom. The smallest absolute Gasteiger partial charge is 0.0348 e. The van der Waals surface area contributed by atoms with Crippen LogP contribution in [-0.4, -0.2) is 0 Å². The van der Waals surface area contributed by atoms with Gasteiger partial charge in [-0.25, -0.2) is 0 Å². The summed E-state index contributed by atoms with van der Waals surface area (Å²) in [5, 5.41) is 0. The summed E-state index contributed by atoms with van der Waals surface area (Å²) >= 11 is 0. The molecule has 0 unspecified atom stereocenters. The normalized spacial score (nSPS) is 11.2. The maximum Gasteiger partial charge on any atom is -0.0348 e. The monoisotopic (exact) mass is 249 g/mol. The summed E-state index contributed by atoms with van der Waals surface area (Å²) in [4.78, 5) is 0. The third-order valence-electron chi connectivity index (χ3n) is 3.31. The Labute approximate surface area is 116 Å². The van der Waals surface area contributed by atoms with E-state index < -0.39 is 0 Å². The molecule has 0 aliphatic rings. The maximum absolute atomic E-state index is 3.67. The summed E-state index contributed by atoms with van der Waals surface area (Å²) in [6.07, 6.45) is 25.1. The number of allylic oxidation sites excluding steroid dienone is 3. The molecule has 0 bridgehead atoms. The van der Waals surface area contributed by atoms with Gasteiger partial charge in [0.1, 0.15) is 0 Å². The van der Waals surface area contributed by atoms with Crippen LogP contribution in [-0.2, 0) is 0 Å². The van der Waals surface area contributed by atoms with Gasteiger partial charge in [-0.05, 0) is 19.3 Å². The predicted octanol–water partition coefficient (Wildman–Crippen LogP) is 6.63. The molecule has 105 valence electrons. The van der Waals surface area contributed by atoms with Crippen LogP contribution in [0.4, 0.5) is 0 Å². The highest BCUT2D eigenvalue weighted by Gasteiger charge is 1.92. The zero-order valence-electron chi connectivity index (χ0n) is 12.5. The van der Waals surface area contributed by atoms with E-state index in [0.717, 1.165) is 0 Å². The molecule has 0 heterocycles. The fourth-order valence-corrected chi connectivity index (χ4v) is 2.13. The molecule has 0 aromatic heterocycles. The average Bonchev–Trinajstić information content (AvgIpc) is 2.39. The molecule has 18 heavy (non-hydrogen) atoms. The lowest BCUT2D eigenvalue weighted by molar-refractivity contribution is 0.598. The molecule has 0 rings (SSSR count). The van der Waals surface area contributed by atoms with E-state index in [1.165, 1.54) is 77.0 Å². The van der Waals surface area contributed by atoms with Crippen molar-refractivity contribution in [2.24, 2.45) is 0 Å². The average molecular weight is 249 g/mol. The zero-order chi connectivity index (χ0) is 13.3. The minimum atomic E-state index is 1.22. The van der Waals surface area contributed by atoms with Crippen molar-refractivity contribution in [2.45, 2.75) is 84.0 Å². The first-order valence-corrected chi connectivity index (χ1v) is 8.01. The van der Waals surface area contributed by atoms with Gasteiger partial charge in [0.2, 0.25) is 0 Å². The minimum Gasteiger partial charge on any atom is -0.0991 e. The van der Waals surface area contributed by atoms with E-state index in [0.29, 0.717) is 0 Å². The van der Waals surface area contributed by atoms with Crippen molar-refractivity contribution in [1.29, 1.82) is 0 Å². The van der Waals surface area contributed by atoms with Crippen molar-refractivity contribution in [3.8, 4) is 0 Å². The summed E-state index contributed by atoms with van der Waals surface area (Å²) in [6.45, 7) is 5.94. The first-order valence-electron chi connectivity index (χ1n) is 8.01. The van der Waals surface area contributed by atoms with Crippen LogP contribution >= 0.6 is 0 Å². The topological polar surface area (TPSA) is 0 Å². The van der Waals surface area contributed by atoms with Crippen LogP contribution in [0.2, 0.25) is 0 Å². The molecule has 0 N–H and O–H groups in total. The van der Waals surface area contributed by atoms with Gasteiger partial charge in [0.05, 0.1) is 0 Å². The molecular weight excluding hydrogens is 216 g/mol. The summed E-state index contributed by atoms with van der Waals surface area (Å²) in [7, 11) is 0. The largest absolute Gasteiger partial charge is 0.0991 e. The number of hydrogen-bond donors (Lipinski definition) is 0. The SMILES string of the molecule is C=C/C=C\CCCCCCC[CH]CCCCCC. The van der Waals surface area contributed by atoms with Crippen molar-refractivity contribution in [3.05, 3.63) is 31.2 Å². The standard InChI is InChI=1S/C18H33/c1-3-5-7-9-11-13-15-17-18-16-14-12-10-8-6-4-2/h3,5,7,14H,1,4,6,8-13,15-18H2,2H3/b7-5-. The second-order valence-corrected chi connectivity index (χ2v) is 5.15. The lowest BCUT2D eigenvalue weighted by atomic mass is 10.0. The van der Waals surface area contributed by atoms with E-state index >= 15 is 0 Å². The maximum atomic E-state index is 3.67. The van der Waals surface area contributed by atoms with E-state index in [4.69, 9.17) is 0 Å². The van der Waals surface area contributed by atoms with Gasteiger partial charge in [0, 0.05) is 0 Å². The zero-order valence-corrected chi connectivity index (χ0v) is 12.5. The Balaban J connectivity index is 2.94. The Morgan fingerprint density at radius 3 is 1.89 bits per heavy atom. The quantitative estimate of drug-likeness (QED) is 0.239. The predicted molar refractivity (Wildman–Crippen MR) is 84.7 cm³/mol. The van der Waals surface area contributed by atoms with Crippen molar-refractivity contribution >= 4 is 0 Å². The second kappa shape index (κ2) is 16.5. The Hall–Kier alpha value is -0.520. The van der Waals surface area contributed by atoms with Crippen LogP contribution in [0.3, 0.4) is 0 Å². The summed E-state index contributed by atoms with van der Waals surface area (Å²) in [5.74, 6) is 0. The Morgan fingerprint density at radius 2 is 1.28 bits per heavy atom. The van der Waals surface area contributed by atoms with Gasteiger partial charge in [-0.1, -0.05) is 95.9 Å². The van der Waals surface area contributed by atoms with Crippen LogP contribution in [0.5, 0.6) is 0 Å². The lowest BCUT2D eigenvalue weighted by Crippen LogP contribution is -1.83. The molecule has 1 radical (unpaired) electrons. The molecule has 0 aromatic carbocycles. The van der Waals surface area contributed by atoms with Gasteiger partial charge >= 0.3 is 0 Å². The van der Waals surface area contributed by atoms with Crippen molar-refractivity contribution in [1.82, 2.24) is 0 Å². The van der Waals surface area contributed by atoms with Crippen LogP contribution in [0.1, 0.15) is 84.0 Å². The molecule has 0 saturated heterocycles. The first kappa shape index (κ1) is 17.5. The van der Waals surface area contributed by atoms with Crippen molar-refractivity contribution in [2.75, 3.05) is 0 Å². The fraction of sp³-hybridized carbons (Fsp3) is 0.722. The molecule has 0 fully saturated rings. The molecule has 0 nitrogen and oxygen atoms in total. The van der Waals surface area contributed by atoms with Gasteiger partial charge in [-0.15, -0.1) is 0 Å². The summed E-state index contributed by atoms with van der Waals surface area (Å²) < 4.78 is 0. The van der Waals surface area contributed by atoms with E-state index in [9.17, 15) is 0 Å². The molecule has 0 aliphatic heterocycles. The van der Waals surface area contributed by atoms with Gasteiger partial charge in [0.15, 0.2) is 0 Å². The van der Waals surface area contributed by atoms with Gasteiger partial charge < -0.3 is 0 Å². The van der Waals surface area contributed by atoms with Crippen LogP contribution in [0.25, 0.3) is 0 Å². The summed E-state index contributed by atoms with van der Waals surface area (Å²) in [5.41, 5.74) is 0. The third kappa shape index (κ3) is 15.5. The molecule has 0 saturated carbocycles. The first-order chi connectivity index (χ1) is 8.91. The highest BCUT2D eigenvalue weighted by molar-refractivity contribution is 4.96. The molecule has 0 heteroatoms. The Bertz CT molecular complexity index is 178. The molecule has 0 aliphatic carbocycles. The van der Waals surface area contributed by atoms with Crippen LogP contribution in [0, 0.1) is 6.42 Å². The fourth-order valence-electron chi connectivity index (χ4n) is 2.13. The van der Waals surface area contributed by atoms with Crippen LogP contribution < -0.4 is 0 Å². The van der Waals surface area contributed by atoms with E-state index in [2.05, 4.69) is 26.0 Å². The second-order valence-electron chi connectivity index (χ2n) is 5.15. The third-order valence-corrected chi connectivity index (χ3v) is 3.31. The van der Waals surface area contributed by atoms with Crippen LogP contribution in [0.15, 0.2) is 24.8 Å². The highest BCUT2D eigenvalue weighted by Crippen LogP contribution is 2.11. The number of rotatable bonds is 14.